The van der Waals surface area contributed by atoms with Crippen LogP contribution in [0.1, 0.15) is 36.4 Å². The van der Waals surface area contributed by atoms with E-state index in [1.165, 1.54) is 0 Å². The molecule has 0 aliphatic carbocycles. The minimum absolute atomic E-state index is 0.0863. The van der Waals surface area contributed by atoms with Gasteiger partial charge in [-0.25, -0.2) is 0 Å². The minimum atomic E-state index is -0.745. The summed E-state index contributed by atoms with van der Waals surface area (Å²) in [6.07, 6.45) is 2.67. The third kappa shape index (κ3) is 3.82. The summed E-state index contributed by atoms with van der Waals surface area (Å²) in [5.74, 6) is -0.745. The molecule has 0 radical (unpaired) electrons. The molecule has 126 valence electrons. The Morgan fingerprint density at radius 1 is 1.08 bits per heavy atom. The zero-order valence-electron chi connectivity index (χ0n) is 13.2. The van der Waals surface area contributed by atoms with E-state index in [1.54, 1.807) is 0 Å². The molecule has 0 bridgehead atoms. The zero-order chi connectivity index (χ0) is 17.1. The van der Waals surface area contributed by atoms with Crippen molar-refractivity contribution < 1.29 is 9.90 Å². The highest BCUT2D eigenvalue weighted by molar-refractivity contribution is 9.10. The SMILES string of the molecule is O=C(O)C1CCCCN1C(c1ccc(Cl)cc1)c1ccc(Br)cc1. The van der Waals surface area contributed by atoms with Gasteiger partial charge in [0.15, 0.2) is 0 Å². The van der Waals surface area contributed by atoms with Gasteiger partial charge in [-0.05, 0) is 54.8 Å². The molecule has 3 nitrogen and oxygen atoms in total. The van der Waals surface area contributed by atoms with Crippen LogP contribution in [0.3, 0.4) is 0 Å². The van der Waals surface area contributed by atoms with Crippen LogP contribution < -0.4 is 0 Å². The van der Waals surface area contributed by atoms with E-state index in [2.05, 4.69) is 33.0 Å². The highest BCUT2D eigenvalue weighted by Gasteiger charge is 2.35. The van der Waals surface area contributed by atoms with Crippen LogP contribution in [0.25, 0.3) is 0 Å². The Hall–Kier alpha value is -1.36. The molecule has 2 aromatic rings. The quantitative estimate of drug-likeness (QED) is 0.762. The summed E-state index contributed by atoms with van der Waals surface area (Å²) in [4.78, 5) is 13.9. The largest absolute Gasteiger partial charge is 0.480 e. The summed E-state index contributed by atoms with van der Waals surface area (Å²) < 4.78 is 1.01. The highest BCUT2D eigenvalue weighted by Crippen LogP contribution is 2.35. The number of carbonyl (C=O) groups is 1. The van der Waals surface area contributed by atoms with Gasteiger partial charge in [0.2, 0.25) is 0 Å². The molecule has 1 N–H and O–H groups in total. The lowest BCUT2D eigenvalue weighted by Crippen LogP contribution is -2.46. The van der Waals surface area contributed by atoms with Gasteiger partial charge in [0.05, 0.1) is 6.04 Å². The lowest BCUT2D eigenvalue weighted by molar-refractivity contribution is -0.145. The molecule has 1 heterocycles. The van der Waals surface area contributed by atoms with Crippen molar-refractivity contribution in [3.8, 4) is 0 Å². The molecule has 2 unspecified atom stereocenters. The summed E-state index contributed by atoms with van der Waals surface area (Å²) in [6, 6.07) is 15.3. The molecule has 1 fully saturated rings. The minimum Gasteiger partial charge on any atom is -0.480 e. The first kappa shape index (κ1) is 17.5. The van der Waals surface area contributed by atoms with Crippen molar-refractivity contribution in [3.63, 3.8) is 0 Å². The van der Waals surface area contributed by atoms with E-state index in [-0.39, 0.29) is 6.04 Å². The number of likely N-dealkylation sites (tertiary alicyclic amines) is 1. The molecule has 0 amide bonds. The number of halogens is 2. The van der Waals surface area contributed by atoms with E-state index in [4.69, 9.17) is 11.6 Å². The van der Waals surface area contributed by atoms with E-state index in [1.807, 2.05) is 36.4 Å². The predicted octanol–water partition coefficient (Wildman–Crippen LogP) is 5.13. The van der Waals surface area contributed by atoms with E-state index < -0.39 is 12.0 Å². The maximum Gasteiger partial charge on any atom is 0.320 e. The van der Waals surface area contributed by atoms with Crippen molar-refractivity contribution in [2.24, 2.45) is 0 Å². The summed E-state index contributed by atoms with van der Waals surface area (Å²) in [5.41, 5.74) is 2.16. The molecule has 1 saturated heterocycles. The van der Waals surface area contributed by atoms with Gasteiger partial charge in [-0.3, -0.25) is 9.69 Å². The van der Waals surface area contributed by atoms with Gasteiger partial charge in [-0.15, -0.1) is 0 Å². The van der Waals surface area contributed by atoms with E-state index in [0.717, 1.165) is 35.0 Å². The topological polar surface area (TPSA) is 40.5 Å². The van der Waals surface area contributed by atoms with Crippen molar-refractivity contribution in [1.29, 1.82) is 0 Å². The number of rotatable bonds is 4. The number of benzene rings is 2. The smallest absolute Gasteiger partial charge is 0.320 e. The van der Waals surface area contributed by atoms with Crippen LogP contribution in [-0.4, -0.2) is 28.6 Å². The second kappa shape index (κ2) is 7.68. The summed E-state index contributed by atoms with van der Waals surface area (Å²) >= 11 is 9.50. The second-order valence-electron chi connectivity index (χ2n) is 6.09. The number of aliphatic carboxylic acids is 1. The fourth-order valence-electron chi connectivity index (χ4n) is 3.39. The first-order valence-corrected chi connectivity index (χ1v) is 9.23. The standard InChI is InChI=1S/C19H19BrClNO2/c20-15-8-4-13(5-9-15)18(14-6-10-16(21)11-7-14)22-12-2-1-3-17(22)19(23)24/h4-11,17-18H,1-3,12H2,(H,23,24). The van der Waals surface area contributed by atoms with Crippen LogP contribution in [0.15, 0.2) is 53.0 Å². The van der Waals surface area contributed by atoms with Crippen molar-refractivity contribution in [1.82, 2.24) is 4.90 Å². The summed E-state index contributed by atoms with van der Waals surface area (Å²) in [6.45, 7) is 0.778. The second-order valence-corrected chi connectivity index (χ2v) is 7.45. The van der Waals surface area contributed by atoms with E-state index >= 15 is 0 Å². The van der Waals surface area contributed by atoms with Gasteiger partial charge >= 0.3 is 5.97 Å². The van der Waals surface area contributed by atoms with Crippen molar-refractivity contribution in [2.45, 2.75) is 31.3 Å². The highest BCUT2D eigenvalue weighted by atomic mass is 79.9. The average molecular weight is 409 g/mol. The third-order valence-corrected chi connectivity index (χ3v) is 5.31. The molecule has 24 heavy (non-hydrogen) atoms. The van der Waals surface area contributed by atoms with Crippen LogP contribution in [0.2, 0.25) is 5.02 Å². The first-order valence-electron chi connectivity index (χ1n) is 8.06. The molecule has 5 heteroatoms. The fourth-order valence-corrected chi connectivity index (χ4v) is 3.78. The van der Waals surface area contributed by atoms with Crippen molar-refractivity contribution in [3.05, 3.63) is 69.2 Å². The summed E-state index contributed by atoms with van der Waals surface area (Å²) in [7, 11) is 0. The molecule has 1 aliphatic rings. The number of nitrogens with zero attached hydrogens (tertiary/aromatic N) is 1. The Labute approximate surface area is 155 Å². The predicted molar refractivity (Wildman–Crippen MR) is 99.4 cm³/mol. The summed E-state index contributed by atoms with van der Waals surface area (Å²) in [5, 5.41) is 10.4. The number of hydrogen-bond acceptors (Lipinski definition) is 2. The zero-order valence-corrected chi connectivity index (χ0v) is 15.5. The Balaban J connectivity index is 2.05. The van der Waals surface area contributed by atoms with Crippen LogP contribution >= 0.6 is 27.5 Å². The first-order chi connectivity index (χ1) is 11.6. The van der Waals surface area contributed by atoms with Gasteiger partial charge in [-0.1, -0.05) is 58.2 Å². The maximum atomic E-state index is 11.8. The Kier molecular flexibility index (Phi) is 5.59. The number of piperidine rings is 1. The van der Waals surface area contributed by atoms with Crippen molar-refractivity contribution in [2.75, 3.05) is 6.54 Å². The fraction of sp³-hybridized carbons (Fsp3) is 0.316. The molecule has 2 aromatic carbocycles. The molecule has 3 rings (SSSR count). The Bertz CT molecular complexity index is 657. The molecule has 1 aliphatic heterocycles. The van der Waals surface area contributed by atoms with Crippen LogP contribution in [0, 0.1) is 0 Å². The molecule has 0 spiro atoms. The van der Waals surface area contributed by atoms with E-state index in [0.29, 0.717) is 11.4 Å². The Morgan fingerprint density at radius 2 is 1.67 bits per heavy atom. The lowest BCUT2D eigenvalue weighted by Gasteiger charge is -2.39. The number of carboxylic acids is 1. The lowest BCUT2D eigenvalue weighted by atomic mass is 9.92. The third-order valence-electron chi connectivity index (χ3n) is 4.53. The Morgan fingerprint density at radius 3 is 2.25 bits per heavy atom. The van der Waals surface area contributed by atoms with Gasteiger partial charge in [-0.2, -0.15) is 0 Å². The molecule has 2 atom stereocenters. The number of carboxylic acid groups (broad SMARTS) is 1. The normalized spacial score (nSPS) is 19.8. The molecular formula is C19H19BrClNO2. The van der Waals surface area contributed by atoms with Gasteiger partial charge in [0, 0.05) is 9.50 Å². The molecular weight excluding hydrogens is 390 g/mol. The van der Waals surface area contributed by atoms with Crippen LogP contribution in [0.4, 0.5) is 0 Å². The van der Waals surface area contributed by atoms with E-state index in [9.17, 15) is 9.90 Å². The molecule has 0 saturated carbocycles. The van der Waals surface area contributed by atoms with Crippen LogP contribution in [-0.2, 0) is 4.79 Å². The van der Waals surface area contributed by atoms with Crippen LogP contribution in [0.5, 0.6) is 0 Å². The molecule has 0 aromatic heterocycles. The average Bonchev–Trinajstić information content (AvgIpc) is 2.59. The monoisotopic (exact) mass is 407 g/mol. The van der Waals surface area contributed by atoms with Gasteiger partial charge in [0.1, 0.15) is 6.04 Å². The van der Waals surface area contributed by atoms with Gasteiger partial charge < -0.3 is 5.11 Å². The van der Waals surface area contributed by atoms with Gasteiger partial charge in [0.25, 0.3) is 0 Å². The maximum absolute atomic E-state index is 11.8. The van der Waals surface area contributed by atoms with Crippen molar-refractivity contribution >= 4 is 33.5 Å². The number of hydrogen-bond donors (Lipinski definition) is 1.